The Bertz CT molecular complexity index is 1060. The van der Waals surface area contributed by atoms with Gasteiger partial charge in [-0.2, -0.15) is 24.9 Å². The predicted molar refractivity (Wildman–Crippen MR) is 116 cm³/mol. The van der Waals surface area contributed by atoms with E-state index in [2.05, 4.69) is 10.5 Å². The average molecular weight is 510 g/mol. The van der Waals surface area contributed by atoms with E-state index < -0.39 is 18.2 Å². The minimum atomic E-state index is -4.79. The van der Waals surface area contributed by atoms with Crippen molar-refractivity contribution in [2.75, 3.05) is 11.5 Å². The topological polar surface area (TPSA) is 50.7 Å². The first kappa shape index (κ1) is 22.6. The molecule has 1 fully saturated rings. The highest BCUT2D eigenvalue weighted by atomic mass is 35.5. The lowest BCUT2D eigenvalue weighted by atomic mass is 9.86. The fourth-order valence-electron chi connectivity index (χ4n) is 3.31. The van der Waals surface area contributed by atoms with Crippen LogP contribution in [0.15, 0.2) is 41.6 Å². The number of benzene rings is 2. The number of halogens is 6. The van der Waals surface area contributed by atoms with E-state index in [0.29, 0.717) is 5.56 Å². The van der Waals surface area contributed by atoms with E-state index in [0.717, 1.165) is 23.6 Å². The number of rotatable bonds is 4. The van der Waals surface area contributed by atoms with Gasteiger partial charge in [0, 0.05) is 45.1 Å². The highest BCUT2D eigenvalue weighted by molar-refractivity contribution is 8.00. The number of oxime groups is 1. The fraction of sp³-hybridized carbons (Fsp3) is 0.300. The monoisotopic (exact) mass is 508 g/mol. The first-order chi connectivity index (χ1) is 14.6. The van der Waals surface area contributed by atoms with Crippen molar-refractivity contribution in [3.63, 3.8) is 0 Å². The third-order valence-electron chi connectivity index (χ3n) is 5.04. The van der Waals surface area contributed by atoms with E-state index in [9.17, 15) is 18.0 Å². The average Bonchev–Trinajstić information content (AvgIpc) is 3.10. The second-order valence-electron chi connectivity index (χ2n) is 7.19. The zero-order valence-electron chi connectivity index (χ0n) is 15.6. The van der Waals surface area contributed by atoms with E-state index in [4.69, 9.17) is 39.6 Å². The minimum absolute atomic E-state index is 0.0395. The maximum Gasteiger partial charge on any atom is 0.435 e. The Morgan fingerprint density at radius 3 is 2.35 bits per heavy atom. The van der Waals surface area contributed by atoms with Crippen LogP contribution < -0.4 is 5.32 Å². The van der Waals surface area contributed by atoms with Crippen LogP contribution in [0, 0.1) is 0 Å². The minimum Gasteiger partial charge on any atom is -0.374 e. The van der Waals surface area contributed by atoms with Gasteiger partial charge in [-0.15, -0.1) is 0 Å². The van der Waals surface area contributed by atoms with Crippen LogP contribution in [-0.2, 0) is 10.4 Å². The molecule has 1 N–H and O–H groups in total. The number of carbonyl (C=O) groups excluding carboxylic acids is 1. The second-order valence-corrected chi connectivity index (χ2v) is 9.55. The van der Waals surface area contributed by atoms with Crippen molar-refractivity contribution < 1.29 is 22.8 Å². The Morgan fingerprint density at radius 2 is 1.81 bits per heavy atom. The molecule has 0 spiro atoms. The normalized spacial score (nSPS) is 21.3. The van der Waals surface area contributed by atoms with Crippen LogP contribution in [-0.4, -0.2) is 35.3 Å². The van der Waals surface area contributed by atoms with Crippen LogP contribution in [0.1, 0.15) is 27.9 Å². The summed E-state index contributed by atoms with van der Waals surface area (Å²) >= 11 is 19.8. The zero-order valence-corrected chi connectivity index (χ0v) is 18.7. The lowest BCUT2D eigenvalue weighted by molar-refractivity contribution is -0.275. The molecule has 2 heterocycles. The van der Waals surface area contributed by atoms with Crippen molar-refractivity contribution in [3.8, 4) is 0 Å². The summed E-state index contributed by atoms with van der Waals surface area (Å²) in [6.07, 6.45) is -5.40. The number of nitrogens with one attached hydrogen (secondary N) is 1. The van der Waals surface area contributed by atoms with Crippen molar-refractivity contribution in [1.29, 1.82) is 0 Å². The van der Waals surface area contributed by atoms with Gasteiger partial charge < -0.3 is 10.2 Å². The van der Waals surface area contributed by atoms with Crippen LogP contribution in [0.5, 0.6) is 0 Å². The number of carbonyl (C=O) groups is 1. The van der Waals surface area contributed by atoms with E-state index >= 15 is 0 Å². The maximum atomic E-state index is 14.1. The number of thioether (sulfide) groups is 1. The quantitative estimate of drug-likeness (QED) is 0.544. The van der Waals surface area contributed by atoms with Crippen LogP contribution in [0.25, 0.3) is 0 Å². The van der Waals surface area contributed by atoms with E-state index in [1.165, 1.54) is 24.3 Å². The van der Waals surface area contributed by atoms with Gasteiger partial charge in [0.25, 0.3) is 11.5 Å². The molecule has 0 aliphatic carbocycles. The molecule has 164 valence electrons. The first-order valence-corrected chi connectivity index (χ1v) is 11.3. The number of nitrogens with zero attached hydrogens (tertiary/aromatic N) is 1. The Morgan fingerprint density at radius 1 is 1.13 bits per heavy atom. The molecule has 31 heavy (non-hydrogen) atoms. The lowest BCUT2D eigenvalue weighted by Crippen LogP contribution is -2.43. The Hall–Kier alpha value is -1.61. The van der Waals surface area contributed by atoms with Crippen LogP contribution in [0.4, 0.5) is 13.2 Å². The standard InChI is InChI=1S/C20H14Cl3F3N2O2S/c21-12-4-11(5-13(22)6-12)19(20(24,25)26)7-17(28-30-19)10-1-2-15(16(23)3-10)18(29)27-14-8-31-9-14/h1-6,14H,7-9H2,(H,27,29)/t19-/m0/s1. The van der Waals surface area contributed by atoms with Crippen molar-refractivity contribution >= 4 is 58.2 Å². The third-order valence-corrected chi connectivity index (χ3v) is 7.06. The number of amides is 1. The van der Waals surface area contributed by atoms with Crippen LogP contribution in [0.2, 0.25) is 15.1 Å². The predicted octanol–water partition coefficient (Wildman–Crippen LogP) is 6.07. The van der Waals surface area contributed by atoms with Gasteiger partial charge >= 0.3 is 6.18 Å². The van der Waals surface area contributed by atoms with Crippen molar-refractivity contribution in [1.82, 2.24) is 5.32 Å². The Labute approximate surface area is 195 Å². The van der Waals surface area contributed by atoms with Crippen molar-refractivity contribution in [2.24, 2.45) is 5.16 Å². The summed E-state index contributed by atoms with van der Waals surface area (Å²) in [6, 6.07) is 8.10. The Kier molecular flexibility index (Phi) is 6.11. The molecule has 1 saturated heterocycles. The molecule has 11 heteroatoms. The highest BCUT2D eigenvalue weighted by Gasteiger charge is 2.62. The molecule has 0 aromatic heterocycles. The smallest absolute Gasteiger partial charge is 0.374 e. The molecule has 2 aliphatic rings. The van der Waals surface area contributed by atoms with E-state index in [-0.39, 0.29) is 43.9 Å². The zero-order chi connectivity index (χ0) is 22.4. The second kappa shape index (κ2) is 8.39. The van der Waals surface area contributed by atoms with Crippen LogP contribution >= 0.6 is 46.6 Å². The summed E-state index contributed by atoms with van der Waals surface area (Å²) in [6.45, 7) is 0. The molecule has 0 radical (unpaired) electrons. The number of alkyl halides is 3. The Balaban J connectivity index is 1.61. The number of hydrogen-bond acceptors (Lipinski definition) is 4. The van der Waals surface area contributed by atoms with E-state index in [1.807, 2.05) is 0 Å². The maximum absolute atomic E-state index is 14.1. The van der Waals surface area contributed by atoms with Crippen molar-refractivity contribution in [3.05, 3.63) is 68.2 Å². The molecule has 2 aliphatic heterocycles. The van der Waals surface area contributed by atoms with Gasteiger partial charge in [0.15, 0.2) is 0 Å². The van der Waals surface area contributed by atoms with Gasteiger partial charge in [-0.1, -0.05) is 46.0 Å². The molecule has 0 saturated carbocycles. The molecule has 1 amide bonds. The first-order valence-electron chi connectivity index (χ1n) is 9.06. The van der Waals surface area contributed by atoms with E-state index in [1.54, 1.807) is 11.8 Å². The van der Waals surface area contributed by atoms with Gasteiger partial charge in [-0.3, -0.25) is 4.79 Å². The summed E-state index contributed by atoms with van der Waals surface area (Å²) in [5, 5.41) is 6.76. The summed E-state index contributed by atoms with van der Waals surface area (Å²) in [4.78, 5) is 17.3. The summed E-state index contributed by atoms with van der Waals surface area (Å²) in [7, 11) is 0. The fourth-order valence-corrected chi connectivity index (χ4v) is 4.74. The SMILES string of the molecule is O=C(NC1CSC1)c1ccc(C2=NO[C@@](c3cc(Cl)cc(Cl)c3)(C(F)(F)F)C2)cc1Cl. The van der Waals surface area contributed by atoms with Crippen LogP contribution in [0.3, 0.4) is 0 Å². The molecule has 4 rings (SSSR count). The van der Waals surface area contributed by atoms with Crippen molar-refractivity contribution in [2.45, 2.75) is 24.2 Å². The molecule has 0 bridgehead atoms. The summed E-state index contributed by atoms with van der Waals surface area (Å²) < 4.78 is 42.3. The third kappa shape index (κ3) is 4.35. The lowest BCUT2D eigenvalue weighted by Gasteiger charge is -2.29. The molecular weight excluding hydrogens is 496 g/mol. The largest absolute Gasteiger partial charge is 0.435 e. The summed E-state index contributed by atoms with van der Waals surface area (Å²) in [5.41, 5.74) is -2.39. The molecule has 2 aromatic carbocycles. The van der Waals surface area contributed by atoms with Gasteiger partial charge in [0.2, 0.25) is 0 Å². The molecule has 0 unspecified atom stereocenters. The molecule has 1 atom stereocenters. The number of hydrogen-bond donors (Lipinski definition) is 1. The van der Waals surface area contributed by atoms with Gasteiger partial charge in [0.1, 0.15) is 0 Å². The highest BCUT2D eigenvalue weighted by Crippen LogP contribution is 2.49. The van der Waals surface area contributed by atoms with Gasteiger partial charge in [-0.05, 0) is 30.3 Å². The molecule has 4 nitrogen and oxygen atoms in total. The summed E-state index contributed by atoms with van der Waals surface area (Å²) in [5.74, 6) is 1.34. The van der Waals surface area contributed by atoms with Gasteiger partial charge in [0.05, 0.1) is 16.3 Å². The molecular formula is C20H14Cl3F3N2O2S. The molecule has 2 aromatic rings. The van der Waals surface area contributed by atoms with Gasteiger partial charge in [-0.25, -0.2) is 0 Å².